The first kappa shape index (κ1) is 10.8. The van der Waals surface area contributed by atoms with Gasteiger partial charge in [-0.2, -0.15) is 0 Å². The molecular formula is C9H10BrNO3. The van der Waals surface area contributed by atoms with Gasteiger partial charge in [0.05, 0.1) is 17.1 Å². The van der Waals surface area contributed by atoms with E-state index in [2.05, 4.69) is 15.9 Å². The van der Waals surface area contributed by atoms with E-state index in [1.165, 1.54) is 13.2 Å². The third-order valence-electron chi connectivity index (χ3n) is 1.91. The lowest BCUT2D eigenvalue weighted by molar-refractivity contribution is 0.0997. The number of methoxy groups -OCH3 is 1. The Kier molecular flexibility index (Phi) is 3.00. The van der Waals surface area contributed by atoms with Crippen molar-refractivity contribution in [3.05, 3.63) is 21.7 Å². The molecule has 1 aromatic rings. The van der Waals surface area contributed by atoms with Crippen molar-refractivity contribution in [3.8, 4) is 11.5 Å². The predicted molar refractivity (Wildman–Crippen MR) is 55.6 cm³/mol. The van der Waals surface area contributed by atoms with Crippen LogP contribution in [0, 0.1) is 6.92 Å². The van der Waals surface area contributed by atoms with Crippen molar-refractivity contribution in [2.24, 2.45) is 5.73 Å². The highest BCUT2D eigenvalue weighted by Crippen LogP contribution is 2.36. The van der Waals surface area contributed by atoms with E-state index in [0.717, 1.165) is 0 Å². The number of hydrogen-bond acceptors (Lipinski definition) is 3. The van der Waals surface area contributed by atoms with E-state index in [0.29, 0.717) is 15.8 Å². The Hall–Kier alpha value is -1.23. The summed E-state index contributed by atoms with van der Waals surface area (Å²) in [6, 6.07) is 1.43. The van der Waals surface area contributed by atoms with E-state index >= 15 is 0 Å². The number of benzene rings is 1. The van der Waals surface area contributed by atoms with Crippen LogP contribution in [0.25, 0.3) is 0 Å². The first-order chi connectivity index (χ1) is 6.49. The van der Waals surface area contributed by atoms with E-state index in [-0.39, 0.29) is 11.3 Å². The van der Waals surface area contributed by atoms with Crippen LogP contribution in [-0.2, 0) is 0 Å². The van der Waals surface area contributed by atoms with Gasteiger partial charge >= 0.3 is 0 Å². The van der Waals surface area contributed by atoms with E-state index in [4.69, 9.17) is 10.5 Å². The van der Waals surface area contributed by atoms with Gasteiger partial charge in [0.2, 0.25) is 0 Å². The van der Waals surface area contributed by atoms with Crippen LogP contribution in [0.15, 0.2) is 10.5 Å². The molecule has 0 fully saturated rings. The van der Waals surface area contributed by atoms with Gasteiger partial charge in [0.15, 0.2) is 0 Å². The Labute approximate surface area is 89.8 Å². The number of carbonyl (C=O) groups excluding carboxylic acids is 1. The lowest BCUT2D eigenvalue weighted by Gasteiger charge is -2.11. The number of ether oxygens (including phenoxy) is 1. The number of hydrogen-bond donors (Lipinski definition) is 2. The number of nitrogens with two attached hydrogens (primary N) is 1. The van der Waals surface area contributed by atoms with Gasteiger partial charge in [0, 0.05) is 5.56 Å². The summed E-state index contributed by atoms with van der Waals surface area (Å²) in [5.41, 5.74) is 5.64. The van der Waals surface area contributed by atoms with Crippen molar-refractivity contribution in [3.63, 3.8) is 0 Å². The minimum atomic E-state index is -0.672. The predicted octanol–water partition coefficient (Wildman–Crippen LogP) is 1.57. The zero-order valence-electron chi connectivity index (χ0n) is 7.80. The molecule has 1 rings (SSSR count). The van der Waals surface area contributed by atoms with Gasteiger partial charge in [-0.1, -0.05) is 0 Å². The Morgan fingerprint density at radius 2 is 2.21 bits per heavy atom. The summed E-state index contributed by atoms with van der Waals surface area (Å²) >= 11 is 3.22. The quantitative estimate of drug-likeness (QED) is 0.847. The van der Waals surface area contributed by atoms with Crippen LogP contribution in [0.4, 0.5) is 0 Å². The fourth-order valence-corrected chi connectivity index (χ4v) is 1.88. The molecule has 0 saturated carbocycles. The molecular weight excluding hydrogens is 250 g/mol. The van der Waals surface area contributed by atoms with E-state index in [9.17, 15) is 9.90 Å². The van der Waals surface area contributed by atoms with Crippen LogP contribution < -0.4 is 10.5 Å². The molecule has 76 valence electrons. The number of carbonyl (C=O) groups is 1. The highest BCUT2D eigenvalue weighted by Gasteiger charge is 2.16. The average Bonchev–Trinajstić information content (AvgIpc) is 2.12. The number of phenols is 1. The summed E-state index contributed by atoms with van der Waals surface area (Å²) in [6.07, 6.45) is 0. The SMILES string of the molecule is COc1c(Br)cc(C(N)=O)c(O)c1C. The summed E-state index contributed by atoms with van der Waals surface area (Å²) < 4.78 is 5.62. The van der Waals surface area contributed by atoms with Crippen LogP contribution in [-0.4, -0.2) is 18.1 Å². The van der Waals surface area contributed by atoms with Crippen LogP contribution in [0.2, 0.25) is 0 Å². The van der Waals surface area contributed by atoms with Crippen molar-refractivity contribution in [2.75, 3.05) is 7.11 Å². The van der Waals surface area contributed by atoms with Crippen molar-refractivity contribution < 1.29 is 14.6 Å². The standard InChI is InChI=1S/C9H10BrNO3/c1-4-7(12)5(9(11)13)3-6(10)8(4)14-2/h3,12H,1-2H3,(H2,11,13). The van der Waals surface area contributed by atoms with Crippen LogP contribution in [0.5, 0.6) is 11.5 Å². The summed E-state index contributed by atoms with van der Waals surface area (Å²) in [4.78, 5) is 10.9. The highest BCUT2D eigenvalue weighted by molar-refractivity contribution is 9.10. The van der Waals surface area contributed by atoms with Crippen LogP contribution in [0.3, 0.4) is 0 Å². The molecule has 1 aromatic carbocycles. The third-order valence-corrected chi connectivity index (χ3v) is 2.50. The van der Waals surface area contributed by atoms with Crippen LogP contribution >= 0.6 is 15.9 Å². The zero-order chi connectivity index (χ0) is 10.9. The second-order valence-electron chi connectivity index (χ2n) is 2.78. The topological polar surface area (TPSA) is 72.5 Å². The molecule has 14 heavy (non-hydrogen) atoms. The lowest BCUT2D eigenvalue weighted by atomic mass is 10.1. The van der Waals surface area contributed by atoms with Gasteiger partial charge in [-0.15, -0.1) is 0 Å². The van der Waals surface area contributed by atoms with Gasteiger partial charge < -0.3 is 15.6 Å². The average molecular weight is 260 g/mol. The molecule has 0 bridgehead atoms. The molecule has 0 heterocycles. The molecule has 1 amide bonds. The second-order valence-corrected chi connectivity index (χ2v) is 3.63. The van der Waals surface area contributed by atoms with Crippen molar-refractivity contribution in [1.82, 2.24) is 0 Å². The second kappa shape index (κ2) is 3.88. The molecule has 0 aliphatic heterocycles. The monoisotopic (exact) mass is 259 g/mol. The number of halogens is 1. The molecule has 0 radical (unpaired) electrons. The summed E-state index contributed by atoms with van der Waals surface area (Å²) in [6.45, 7) is 1.64. The summed E-state index contributed by atoms with van der Waals surface area (Å²) in [7, 11) is 1.48. The van der Waals surface area contributed by atoms with Crippen LogP contribution in [0.1, 0.15) is 15.9 Å². The minimum Gasteiger partial charge on any atom is -0.507 e. The Morgan fingerprint density at radius 3 is 2.64 bits per heavy atom. The van der Waals surface area contributed by atoms with Crippen molar-refractivity contribution in [1.29, 1.82) is 0 Å². The van der Waals surface area contributed by atoms with Gasteiger partial charge in [-0.25, -0.2) is 0 Å². The maximum atomic E-state index is 10.9. The van der Waals surface area contributed by atoms with Crippen molar-refractivity contribution in [2.45, 2.75) is 6.92 Å². The van der Waals surface area contributed by atoms with E-state index < -0.39 is 5.91 Å². The molecule has 0 aliphatic rings. The maximum absolute atomic E-state index is 10.9. The van der Waals surface area contributed by atoms with E-state index in [1.807, 2.05) is 0 Å². The largest absolute Gasteiger partial charge is 0.507 e. The number of rotatable bonds is 2. The first-order valence-electron chi connectivity index (χ1n) is 3.85. The number of aromatic hydroxyl groups is 1. The normalized spacial score (nSPS) is 9.93. The summed E-state index contributed by atoms with van der Waals surface area (Å²) in [5, 5.41) is 9.60. The minimum absolute atomic E-state index is 0.0789. The maximum Gasteiger partial charge on any atom is 0.252 e. The van der Waals surface area contributed by atoms with Crippen molar-refractivity contribution >= 4 is 21.8 Å². The van der Waals surface area contributed by atoms with E-state index in [1.54, 1.807) is 6.92 Å². The first-order valence-corrected chi connectivity index (χ1v) is 4.64. The zero-order valence-corrected chi connectivity index (χ0v) is 9.38. The molecule has 0 saturated heterocycles. The smallest absolute Gasteiger partial charge is 0.252 e. The fourth-order valence-electron chi connectivity index (χ4n) is 1.19. The Balaban J connectivity index is 3.47. The molecule has 0 atom stereocenters. The Morgan fingerprint density at radius 1 is 1.64 bits per heavy atom. The summed E-state index contributed by atoms with van der Waals surface area (Å²) in [5.74, 6) is -0.320. The molecule has 4 nitrogen and oxygen atoms in total. The van der Waals surface area contributed by atoms with Gasteiger partial charge in [-0.05, 0) is 28.9 Å². The van der Waals surface area contributed by atoms with Gasteiger partial charge in [-0.3, -0.25) is 4.79 Å². The highest BCUT2D eigenvalue weighted by atomic mass is 79.9. The Bertz CT molecular complexity index is 390. The lowest BCUT2D eigenvalue weighted by Crippen LogP contribution is -2.12. The molecule has 0 aliphatic carbocycles. The third kappa shape index (κ3) is 1.68. The molecule has 0 unspecified atom stereocenters. The molecule has 0 spiro atoms. The van der Waals surface area contributed by atoms with Gasteiger partial charge in [0.1, 0.15) is 11.5 Å². The number of primary amides is 1. The molecule has 3 N–H and O–H groups in total. The number of amides is 1. The molecule has 5 heteroatoms. The van der Waals surface area contributed by atoms with Gasteiger partial charge in [0.25, 0.3) is 5.91 Å². The fraction of sp³-hybridized carbons (Fsp3) is 0.222. The molecule has 0 aromatic heterocycles.